The van der Waals surface area contributed by atoms with Crippen LogP contribution in [0.2, 0.25) is 0 Å². The molecule has 0 spiro atoms. The predicted octanol–water partition coefficient (Wildman–Crippen LogP) is 3.69. The van der Waals surface area contributed by atoms with Crippen LogP contribution in [0.15, 0.2) is 36.4 Å². The van der Waals surface area contributed by atoms with Gasteiger partial charge in [0, 0.05) is 18.2 Å². The molecule has 21 heavy (non-hydrogen) atoms. The number of nitrogens with two attached hydrogens (primary N) is 1. The van der Waals surface area contributed by atoms with E-state index in [-0.39, 0.29) is 17.5 Å². The van der Waals surface area contributed by atoms with Gasteiger partial charge in [0.2, 0.25) is 5.82 Å². The van der Waals surface area contributed by atoms with E-state index in [0.29, 0.717) is 5.56 Å². The Morgan fingerprint density at radius 2 is 1.90 bits per heavy atom. The number of nitro groups is 1. The molecular weight excluding hydrogens is 282 g/mol. The van der Waals surface area contributed by atoms with E-state index in [0.717, 1.165) is 12.1 Å². The van der Waals surface area contributed by atoms with Crippen molar-refractivity contribution in [2.45, 2.75) is 13.0 Å². The number of halogens is 2. The van der Waals surface area contributed by atoms with Gasteiger partial charge in [-0.1, -0.05) is 6.07 Å². The summed E-state index contributed by atoms with van der Waals surface area (Å²) >= 11 is 0. The van der Waals surface area contributed by atoms with Gasteiger partial charge in [-0.15, -0.1) is 0 Å². The van der Waals surface area contributed by atoms with Gasteiger partial charge in [0.05, 0.1) is 4.92 Å². The molecule has 0 unspecified atom stereocenters. The standard InChI is InChI=1S/C14H12F2N2O3/c1-8(17)9-2-5-14(12(16)6-9)21-10-3-4-13(18(19)20)11(15)7-10/h2-8H,17H2,1H3/t8-/m1/s1. The van der Waals surface area contributed by atoms with Crippen LogP contribution in [-0.4, -0.2) is 4.92 Å². The molecule has 0 amide bonds. The number of rotatable bonds is 4. The molecule has 2 aromatic carbocycles. The summed E-state index contributed by atoms with van der Waals surface area (Å²) in [6.07, 6.45) is 0. The average molecular weight is 294 g/mol. The highest BCUT2D eigenvalue weighted by molar-refractivity contribution is 5.41. The molecule has 0 aliphatic carbocycles. The first-order chi connectivity index (χ1) is 9.88. The number of nitro benzene ring substituents is 1. The quantitative estimate of drug-likeness (QED) is 0.689. The summed E-state index contributed by atoms with van der Waals surface area (Å²) in [6, 6.07) is 6.83. The van der Waals surface area contributed by atoms with Crippen molar-refractivity contribution in [2.75, 3.05) is 0 Å². The summed E-state index contributed by atoms with van der Waals surface area (Å²) in [5.41, 5.74) is 5.55. The average Bonchev–Trinajstić information content (AvgIpc) is 2.40. The second kappa shape index (κ2) is 5.84. The second-order valence-electron chi connectivity index (χ2n) is 4.45. The van der Waals surface area contributed by atoms with Crippen molar-refractivity contribution in [3.63, 3.8) is 0 Å². The lowest BCUT2D eigenvalue weighted by Crippen LogP contribution is -2.05. The zero-order valence-electron chi connectivity index (χ0n) is 11.0. The van der Waals surface area contributed by atoms with E-state index in [1.54, 1.807) is 13.0 Å². The molecule has 0 saturated heterocycles. The summed E-state index contributed by atoms with van der Waals surface area (Å²) in [4.78, 5) is 9.65. The van der Waals surface area contributed by atoms with Crippen molar-refractivity contribution in [1.82, 2.24) is 0 Å². The van der Waals surface area contributed by atoms with Crippen LogP contribution in [-0.2, 0) is 0 Å². The van der Waals surface area contributed by atoms with E-state index in [2.05, 4.69) is 0 Å². The molecule has 5 nitrogen and oxygen atoms in total. The first-order valence-electron chi connectivity index (χ1n) is 6.05. The Balaban J connectivity index is 2.26. The molecule has 2 rings (SSSR count). The lowest BCUT2D eigenvalue weighted by Gasteiger charge is -2.10. The first-order valence-corrected chi connectivity index (χ1v) is 6.05. The van der Waals surface area contributed by atoms with Crippen molar-refractivity contribution < 1.29 is 18.4 Å². The predicted molar refractivity (Wildman–Crippen MR) is 72.1 cm³/mol. The minimum Gasteiger partial charge on any atom is -0.454 e. The molecule has 1 atom stereocenters. The fraction of sp³-hybridized carbons (Fsp3) is 0.143. The first kappa shape index (κ1) is 14.9. The highest BCUT2D eigenvalue weighted by Gasteiger charge is 2.15. The summed E-state index contributed by atoms with van der Waals surface area (Å²) in [6.45, 7) is 1.71. The Morgan fingerprint density at radius 1 is 1.19 bits per heavy atom. The number of benzene rings is 2. The zero-order valence-corrected chi connectivity index (χ0v) is 11.0. The molecule has 2 aromatic rings. The molecule has 2 N–H and O–H groups in total. The van der Waals surface area contributed by atoms with Gasteiger partial charge in [0.15, 0.2) is 11.6 Å². The van der Waals surface area contributed by atoms with Crippen molar-refractivity contribution in [3.05, 3.63) is 63.7 Å². The van der Waals surface area contributed by atoms with Gasteiger partial charge in [-0.3, -0.25) is 10.1 Å². The molecule has 0 saturated carbocycles. The monoisotopic (exact) mass is 294 g/mol. The highest BCUT2D eigenvalue weighted by Crippen LogP contribution is 2.29. The lowest BCUT2D eigenvalue weighted by molar-refractivity contribution is -0.387. The van der Waals surface area contributed by atoms with E-state index >= 15 is 0 Å². The molecule has 110 valence electrons. The van der Waals surface area contributed by atoms with Crippen LogP contribution >= 0.6 is 0 Å². The maximum Gasteiger partial charge on any atom is 0.305 e. The number of ether oxygens (including phenoxy) is 1. The number of hydrogen-bond acceptors (Lipinski definition) is 4. The minimum absolute atomic E-state index is 0.0365. The Labute approximate surface area is 119 Å². The Morgan fingerprint density at radius 3 is 2.43 bits per heavy atom. The van der Waals surface area contributed by atoms with E-state index in [4.69, 9.17) is 10.5 Å². The van der Waals surface area contributed by atoms with Crippen LogP contribution in [0.1, 0.15) is 18.5 Å². The SMILES string of the molecule is C[C@@H](N)c1ccc(Oc2ccc([N+](=O)[O-])c(F)c2)c(F)c1. The Kier molecular flexibility index (Phi) is 4.13. The van der Waals surface area contributed by atoms with E-state index < -0.39 is 22.2 Å². The smallest absolute Gasteiger partial charge is 0.305 e. The topological polar surface area (TPSA) is 78.4 Å². The van der Waals surface area contributed by atoms with Gasteiger partial charge in [-0.05, 0) is 30.7 Å². The van der Waals surface area contributed by atoms with Crippen LogP contribution in [0.4, 0.5) is 14.5 Å². The molecule has 0 fully saturated rings. The molecular formula is C14H12F2N2O3. The minimum atomic E-state index is -1.05. The Hall–Kier alpha value is -2.54. The molecule has 0 heterocycles. The lowest BCUT2D eigenvalue weighted by atomic mass is 10.1. The maximum atomic E-state index is 13.8. The van der Waals surface area contributed by atoms with Gasteiger partial charge < -0.3 is 10.5 Å². The highest BCUT2D eigenvalue weighted by atomic mass is 19.1. The van der Waals surface area contributed by atoms with Crippen LogP contribution in [0.25, 0.3) is 0 Å². The van der Waals surface area contributed by atoms with E-state index in [1.165, 1.54) is 18.2 Å². The van der Waals surface area contributed by atoms with E-state index in [1.807, 2.05) is 0 Å². The molecule has 0 aliphatic rings. The van der Waals surface area contributed by atoms with Crippen LogP contribution in [0, 0.1) is 21.7 Å². The summed E-state index contributed by atoms with van der Waals surface area (Å²) < 4.78 is 32.4. The number of hydrogen-bond donors (Lipinski definition) is 1. The van der Waals surface area contributed by atoms with Gasteiger partial charge in [0.25, 0.3) is 0 Å². The normalized spacial score (nSPS) is 12.0. The third-order valence-electron chi connectivity index (χ3n) is 2.83. The largest absolute Gasteiger partial charge is 0.454 e. The van der Waals surface area contributed by atoms with Crippen LogP contribution in [0.3, 0.4) is 0 Å². The Bertz CT molecular complexity index is 690. The van der Waals surface area contributed by atoms with Gasteiger partial charge in [0.1, 0.15) is 5.75 Å². The van der Waals surface area contributed by atoms with E-state index in [9.17, 15) is 18.9 Å². The fourth-order valence-corrected chi connectivity index (χ4v) is 1.71. The second-order valence-corrected chi connectivity index (χ2v) is 4.45. The molecule has 7 heteroatoms. The summed E-state index contributed by atoms with van der Waals surface area (Å²) in [5, 5.41) is 10.5. The van der Waals surface area contributed by atoms with Gasteiger partial charge in [-0.2, -0.15) is 4.39 Å². The van der Waals surface area contributed by atoms with Crippen molar-refractivity contribution >= 4 is 5.69 Å². The molecule has 0 aromatic heterocycles. The molecule has 0 bridgehead atoms. The number of nitrogens with zero attached hydrogens (tertiary/aromatic N) is 1. The van der Waals surface area contributed by atoms with Gasteiger partial charge in [-0.25, -0.2) is 4.39 Å². The third kappa shape index (κ3) is 3.32. The molecule has 0 radical (unpaired) electrons. The fourth-order valence-electron chi connectivity index (χ4n) is 1.71. The molecule has 0 aliphatic heterocycles. The van der Waals surface area contributed by atoms with Crippen LogP contribution in [0.5, 0.6) is 11.5 Å². The van der Waals surface area contributed by atoms with Crippen molar-refractivity contribution in [1.29, 1.82) is 0 Å². The maximum absolute atomic E-state index is 13.8. The van der Waals surface area contributed by atoms with Crippen LogP contribution < -0.4 is 10.5 Å². The van der Waals surface area contributed by atoms with Crippen molar-refractivity contribution in [3.8, 4) is 11.5 Å². The summed E-state index contributed by atoms with van der Waals surface area (Å²) in [5.74, 6) is -1.85. The third-order valence-corrected chi connectivity index (χ3v) is 2.83. The summed E-state index contributed by atoms with van der Waals surface area (Å²) in [7, 11) is 0. The van der Waals surface area contributed by atoms with Gasteiger partial charge >= 0.3 is 5.69 Å². The van der Waals surface area contributed by atoms with Crippen molar-refractivity contribution in [2.24, 2.45) is 5.73 Å². The zero-order chi connectivity index (χ0) is 15.6.